The number of carbonyl (C=O) groups excluding carboxylic acids is 1. The number of nitrogens with zero attached hydrogens (tertiary/aromatic N) is 2. The van der Waals surface area contributed by atoms with Crippen LogP contribution in [-0.4, -0.2) is 36.0 Å². The number of hydrogen-bond donors (Lipinski definition) is 0. The number of benzene rings is 2. The van der Waals surface area contributed by atoms with Crippen LogP contribution in [0, 0.1) is 11.7 Å². The van der Waals surface area contributed by atoms with Crippen molar-refractivity contribution < 1.29 is 23.5 Å². The van der Waals surface area contributed by atoms with Gasteiger partial charge in [-0.2, -0.15) is 0 Å². The van der Waals surface area contributed by atoms with E-state index in [1.165, 1.54) is 12.1 Å². The molecule has 1 amide bonds. The zero-order chi connectivity index (χ0) is 21.1. The van der Waals surface area contributed by atoms with Crippen LogP contribution in [0.25, 0.3) is 0 Å². The Labute approximate surface area is 175 Å². The normalized spacial score (nSPS) is 17.1. The van der Waals surface area contributed by atoms with Crippen molar-refractivity contribution in [3.8, 4) is 11.5 Å². The topological polar surface area (TPSA) is 60.4 Å². The molecule has 0 saturated heterocycles. The molecular weight excluding hydrogens is 387 g/mol. The summed E-state index contributed by atoms with van der Waals surface area (Å²) in [5.41, 5.74) is 2.47. The Morgan fingerprint density at radius 3 is 2.83 bits per heavy atom. The molecule has 0 radical (unpaired) electrons. The second kappa shape index (κ2) is 8.73. The van der Waals surface area contributed by atoms with Crippen LogP contribution in [-0.2, 0) is 16.2 Å². The zero-order valence-electron chi connectivity index (χ0n) is 17.1. The molecule has 0 bridgehead atoms. The molecule has 0 aliphatic carbocycles. The first-order valence-corrected chi connectivity index (χ1v) is 10.1. The minimum atomic E-state index is -0.311. The van der Waals surface area contributed by atoms with Crippen LogP contribution < -0.4 is 9.47 Å². The summed E-state index contributed by atoms with van der Waals surface area (Å²) in [5, 5.41) is 4.23. The molecule has 2 aliphatic rings. The third kappa shape index (κ3) is 4.72. The molecule has 0 saturated carbocycles. The summed E-state index contributed by atoms with van der Waals surface area (Å²) in [6.07, 6.45) is 0.752. The highest BCUT2D eigenvalue weighted by atomic mass is 19.1. The van der Waals surface area contributed by atoms with Crippen molar-refractivity contribution >= 4 is 11.6 Å². The van der Waals surface area contributed by atoms with Crippen LogP contribution in [0.2, 0.25) is 0 Å². The molecule has 158 valence electrons. The first-order valence-electron chi connectivity index (χ1n) is 10.1. The zero-order valence-corrected chi connectivity index (χ0v) is 17.1. The molecule has 0 fully saturated rings. The van der Waals surface area contributed by atoms with Gasteiger partial charge >= 0.3 is 0 Å². The van der Waals surface area contributed by atoms with E-state index in [1.54, 1.807) is 11.0 Å². The third-order valence-corrected chi connectivity index (χ3v) is 5.06. The molecule has 1 atom stereocenters. The van der Waals surface area contributed by atoms with Gasteiger partial charge in [0.2, 0.25) is 12.7 Å². The van der Waals surface area contributed by atoms with E-state index in [9.17, 15) is 9.18 Å². The number of amides is 1. The highest BCUT2D eigenvalue weighted by molar-refractivity contribution is 6.01. The fraction of sp³-hybridized carbons (Fsp3) is 0.391. The van der Waals surface area contributed by atoms with Gasteiger partial charge in [-0.3, -0.25) is 4.79 Å². The van der Waals surface area contributed by atoms with Crippen LogP contribution in [0.5, 0.6) is 11.5 Å². The Kier molecular flexibility index (Phi) is 5.88. The number of fused-ring (bicyclic) bond motifs is 1. The van der Waals surface area contributed by atoms with Crippen LogP contribution in [0.3, 0.4) is 0 Å². The van der Waals surface area contributed by atoms with Gasteiger partial charge in [-0.1, -0.05) is 31.1 Å². The van der Waals surface area contributed by atoms with E-state index < -0.39 is 0 Å². The highest BCUT2D eigenvalue weighted by Crippen LogP contribution is 2.33. The Hall–Kier alpha value is -3.09. The summed E-state index contributed by atoms with van der Waals surface area (Å²) in [7, 11) is 0. The smallest absolute Gasteiger partial charge is 0.231 e. The van der Waals surface area contributed by atoms with E-state index in [4.69, 9.17) is 14.3 Å². The molecule has 0 unspecified atom stereocenters. The van der Waals surface area contributed by atoms with Crippen LogP contribution in [0.4, 0.5) is 4.39 Å². The number of halogens is 1. The summed E-state index contributed by atoms with van der Waals surface area (Å²) in [4.78, 5) is 20.2. The van der Waals surface area contributed by atoms with Crippen molar-refractivity contribution in [1.82, 2.24) is 4.90 Å². The molecule has 2 aromatic carbocycles. The second-order valence-electron chi connectivity index (χ2n) is 8.04. The van der Waals surface area contributed by atoms with Gasteiger partial charge in [-0.25, -0.2) is 4.39 Å². The number of hydrogen-bond acceptors (Lipinski definition) is 5. The summed E-state index contributed by atoms with van der Waals surface area (Å²) in [5.74, 6) is 1.36. The molecule has 0 spiro atoms. The minimum Gasteiger partial charge on any atom is -0.454 e. The number of oxime groups is 1. The average Bonchev–Trinajstić information content (AvgIpc) is 3.35. The van der Waals surface area contributed by atoms with Crippen molar-refractivity contribution in [2.24, 2.45) is 11.1 Å². The van der Waals surface area contributed by atoms with Crippen molar-refractivity contribution in [2.45, 2.75) is 39.3 Å². The van der Waals surface area contributed by atoms with Gasteiger partial charge < -0.3 is 19.2 Å². The van der Waals surface area contributed by atoms with Crippen LogP contribution in [0.15, 0.2) is 47.6 Å². The van der Waals surface area contributed by atoms with Gasteiger partial charge in [0, 0.05) is 24.9 Å². The van der Waals surface area contributed by atoms with E-state index in [1.807, 2.05) is 38.1 Å². The number of ether oxygens (including phenoxy) is 2. The summed E-state index contributed by atoms with van der Waals surface area (Å²) >= 11 is 0. The standard InChI is InChI=1S/C23H25FN2O4/c1-15(2)8-23(27)26(12-16-4-3-5-18(24)9-16)13-19-11-20(25-30-19)17-6-7-21-22(10-17)29-14-28-21/h3-7,9-10,15,19H,8,11-14H2,1-2H3/t19-/m0/s1. The maximum absolute atomic E-state index is 13.6. The van der Waals surface area contributed by atoms with Gasteiger partial charge in [-0.05, 0) is 41.8 Å². The quantitative estimate of drug-likeness (QED) is 0.686. The Morgan fingerprint density at radius 1 is 1.20 bits per heavy atom. The maximum Gasteiger partial charge on any atom is 0.231 e. The van der Waals surface area contributed by atoms with E-state index in [0.717, 1.165) is 22.6 Å². The third-order valence-electron chi connectivity index (χ3n) is 5.06. The van der Waals surface area contributed by atoms with Gasteiger partial charge in [0.05, 0.1) is 12.3 Å². The predicted molar refractivity (Wildman–Crippen MR) is 110 cm³/mol. The SMILES string of the molecule is CC(C)CC(=O)N(Cc1cccc(F)c1)C[C@@H]1CC(c2ccc3c(c2)OCO3)=NO1. The van der Waals surface area contributed by atoms with Crippen LogP contribution in [0.1, 0.15) is 37.8 Å². The summed E-state index contributed by atoms with van der Waals surface area (Å²) in [6.45, 7) is 4.95. The number of rotatable bonds is 7. The molecule has 7 heteroatoms. The van der Waals surface area contributed by atoms with Crippen LogP contribution >= 0.6 is 0 Å². The fourth-order valence-electron chi connectivity index (χ4n) is 3.61. The molecule has 0 N–H and O–H groups in total. The van der Waals surface area contributed by atoms with Crippen molar-refractivity contribution in [3.05, 3.63) is 59.4 Å². The van der Waals surface area contributed by atoms with Crippen molar-refractivity contribution in [1.29, 1.82) is 0 Å². The van der Waals surface area contributed by atoms with E-state index in [-0.39, 0.29) is 30.5 Å². The molecular formula is C23H25FN2O4. The summed E-state index contributed by atoms with van der Waals surface area (Å²) in [6, 6.07) is 12.0. The first-order chi connectivity index (χ1) is 14.5. The lowest BCUT2D eigenvalue weighted by Gasteiger charge is -2.26. The fourth-order valence-corrected chi connectivity index (χ4v) is 3.61. The molecule has 2 aromatic rings. The lowest BCUT2D eigenvalue weighted by molar-refractivity contribution is -0.134. The Bertz CT molecular complexity index is 960. The molecule has 2 aliphatic heterocycles. The largest absolute Gasteiger partial charge is 0.454 e. The molecule has 6 nitrogen and oxygen atoms in total. The van der Waals surface area contributed by atoms with Crippen molar-refractivity contribution in [2.75, 3.05) is 13.3 Å². The molecule has 30 heavy (non-hydrogen) atoms. The summed E-state index contributed by atoms with van der Waals surface area (Å²) < 4.78 is 24.4. The van der Waals surface area contributed by atoms with E-state index in [2.05, 4.69) is 5.16 Å². The number of carbonyl (C=O) groups is 1. The predicted octanol–water partition coefficient (Wildman–Crippen LogP) is 4.12. The lowest BCUT2D eigenvalue weighted by Crippen LogP contribution is -2.37. The van der Waals surface area contributed by atoms with E-state index in [0.29, 0.717) is 31.7 Å². The second-order valence-corrected chi connectivity index (χ2v) is 8.04. The maximum atomic E-state index is 13.6. The minimum absolute atomic E-state index is 0.0226. The Balaban J connectivity index is 1.43. The lowest BCUT2D eigenvalue weighted by atomic mass is 10.0. The average molecular weight is 412 g/mol. The van der Waals surface area contributed by atoms with E-state index >= 15 is 0 Å². The van der Waals surface area contributed by atoms with Gasteiger partial charge in [0.25, 0.3) is 0 Å². The molecule has 4 rings (SSSR count). The van der Waals surface area contributed by atoms with Gasteiger partial charge in [-0.15, -0.1) is 0 Å². The monoisotopic (exact) mass is 412 g/mol. The molecule has 2 heterocycles. The highest BCUT2D eigenvalue weighted by Gasteiger charge is 2.28. The van der Waals surface area contributed by atoms with Crippen molar-refractivity contribution in [3.63, 3.8) is 0 Å². The van der Waals surface area contributed by atoms with Gasteiger partial charge in [0.15, 0.2) is 17.6 Å². The van der Waals surface area contributed by atoms with Gasteiger partial charge in [0.1, 0.15) is 5.82 Å². The molecule has 0 aromatic heterocycles. The first kappa shape index (κ1) is 20.2. The Morgan fingerprint density at radius 2 is 2.03 bits per heavy atom.